The van der Waals surface area contributed by atoms with Crippen molar-refractivity contribution in [3.63, 3.8) is 0 Å². The van der Waals surface area contributed by atoms with Gasteiger partial charge >= 0.3 is 12.1 Å². The van der Waals surface area contributed by atoms with Crippen molar-refractivity contribution in [3.05, 3.63) is 29.8 Å². The maximum atomic E-state index is 12.0. The summed E-state index contributed by atoms with van der Waals surface area (Å²) in [6.07, 6.45) is -3.98. The minimum absolute atomic E-state index is 0.0458. The van der Waals surface area contributed by atoms with Gasteiger partial charge < -0.3 is 10.1 Å². The van der Waals surface area contributed by atoms with Gasteiger partial charge in [-0.1, -0.05) is 12.1 Å². The largest absolute Gasteiger partial charge is 0.471 e. The third kappa shape index (κ3) is 4.57. The number of aryl methyl sites for hydroxylation is 1. The van der Waals surface area contributed by atoms with Gasteiger partial charge in [-0.25, -0.2) is 0 Å². The highest BCUT2D eigenvalue weighted by atomic mass is 19.4. The molecular weight excluding hydrogens is 247 g/mol. The average molecular weight is 259 g/mol. The van der Waals surface area contributed by atoms with Crippen molar-refractivity contribution >= 4 is 17.4 Å². The molecule has 0 aliphatic rings. The summed E-state index contributed by atoms with van der Waals surface area (Å²) >= 11 is 0. The number of anilines is 1. The molecule has 0 aromatic heterocycles. The van der Waals surface area contributed by atoms with E-state index in [2.05, 4.69) is 0 Å². The first-order valence-electron chi connectivity index (χ1n) is 5.25. The molecule has 0 aliphatic heterocycles. The van der Waals surface area contributed by atoms with Crippen LogP contribution in [0.4, 0.5) is 18.9 Å². The standard InChI is InChI=1S/C12H12F3NO2/c1-8(17)2-3-9-4-6-10(7-5-9)16-11(18)12(13,14)15/h4-7H,2-3H2,1H3,(H,16,18). The molecule has 0 fully saturated rings. The van der Waals surface area contributed by atoms with Crippen LogP contribution < -0.4 is 5.32 Å². The molecule has 0 saturated heterocycles. The van der Waals surface area contributed by atoms with Crippen LogP contribution in [-0.4, -0.2) is 17.9 Å². The molecule has 0 atom stereocenters. The van der Waals surface area contributed by atoms with Gasteiger partial charge in [0, 0.05) is 12.1 Å². The molecule has 1 rings (SSSR count). The Balaban J connectivity index is 2.60. The summed E-state index contributed by atoms with van der Waals surface area (Å²) < 4.78 is 35.9. The summed E-state index contributed by atoms with van der Waals surface area (Å²) in [5.74, 6) is -1.96. The highest BCUT2D eigenvalue weighted by Gasteiger charge is 2.38. The van der Waals surface area contributed by atoms with Crippen LogP contribution in [0.15, 0.2) is 24.3 Å². The highest BCUT2D eigenvalue weighted by molar-refractivity contribution is 5.94. The molecule has 0 radical (unpaired) electrons. The lowest BCUT2D eigenvalue weighted by atomic mass is 10.1. The van der Waals surface area contributed by atoms with Crippen molar-refractivity contribution in [1.82, 2.24) is 0 Å². The fraction of sp³-hybridized carbons (Fsp3) is 0.333. The molecule has 18 heavy (non-hydrogen) atoms. The first-order valence-corrected chi connectivity index (χ1v) is 5.25. The average Bonchev–Trinajstić information content (AvgIpc) is 2.26. The number of hydrogen-bond donors (Lipinski definition) is 1. The zero-order valence-corrected chi connectivity index (χ0v) is 9.67. The quantitative estimate of drug-likeness (QED) is 0.903. The topological polar surface area (TPSA) is 46.2 Å². The Morgan fingerprint density at radius 2 is 1.72 bits per heavy atom. The maximum Gasteiger partial charge on any atom is 0.471 e. The van der Waals surface area contributed by atoms with Crippen LogP contribution in [0.2, 0.25) is 0 Å². The third-order valence-electron chi connectivity index (χ3n) is 2.24. The molecule has 0 saturated carbocycles. The second-order valence-corrected chi connectivity index (χ2v) is 3.85. The Labute approximate surface area is 102 Å². The van der Waals surface area contributed by atoms with Crippen molar-refractivity contribution in [1.29, 1.82) is 0 Å². The van der Waals surface area contributed by atoms with Gasteiger partial charge in [0.25, 0.3) is 0 Å². The fourth-order valence-corrected chi connectivity index (χ4v) is 1.28. The zero-order valence-electron chi connectivity index (χ0n) is 9.67. The van der Waals surface area contributed by atoms with Crippen LogP contribution in [0.5, 0.6) is 0 Å². The SMILES string of the molecule is CC(=O)CCc1ccc(NC(=O)C(F)(F)F)cc1. The molecule has 6 heteroatoms. The Bertz CT molecular complexity index is 438. The van der Waals surface area contributed by atoms with Gasteiger partial charge in [0.1, 0.15) is 5.78 Å². The van der Waals surface area contributed by atoms with Crippen molar-refractivity contribution in [2.24, 2.45) is 0 Å². The molecule has 1 aromatic rings. The molecule has 1 N–H and O–H groups in total. The molecule has 0 bridgehead atoms. The Hall–Kier alpha value is -1.85. The van der Waals surface area contributed by atoms with Crippen LogP contribution in [0.3, 0.4) is 0 Å². The van der Waals surface area contributed by atoms with Crippen LogP contribution in [0.1, 0.15) is 18.9 Å². The predicted molar refractivity (Wildman–Crippen MR) is 60.1 cm³/mol. The van der Waals surface area contributed by atoms with E-state index in [-0.39, 0.29) is 11.5 Å². The van der Waals surface area contributed by atoms with Crippen molar-refractivity contribution in [2.45, 2.75) is 25.9 Å². The number of benzene rings is 1. The van der Waals surface area contributed by atoms with Gasteiger partial charge in [-0.15, -0.1) is 0 Å². The van der Waals surface area contributed by atoms with E-state index in [0.717, 1.165) is 5.56 Å². The summed E-state index contributed by atoms with van der Waals surface area (Å²) in [6.45, 7) is 1.47. The van der Waals surface area contributed by atoms with Crippen molar-refractivity contribution in [3.8, 4) is 0 Å². The van der Waals surface area contributed by atoms with E-state index in [9.17, 15) is 22.8 Å². The number of rotatable bonds is 4. The minimum Gasteiger partial charge on any atom is -0.318 e. The Kier molecular flexibility index (Phi) is 4.47. The van der Waals surface area contributed by atoms with Gasteiger partial charge in [-0.2, -0.15) is 13.2 Å². The molecule has 0 spiro atoms. The monoisotopic (exact) mass is 259 g/mol. The molecule has 3 nitrogen and oxygen atoms in total. The normalized spacial score (nSPS) is 11.1. The van der Waals surface area contributed by atoms with Crippen LogP contribution in [0, 0.1) is 0 Å². The van der Waals surface area contributed by atoms with Crippen LogP contribution >= 0.6 is 0 Å². The number of hydrogen-bond acceptors (Lipinski definition) is 2. The molecule has 0 aliphatic carbocycles. The lowest BCUT2D eigenvalue weighted by Crippen LogP contribution is -2.29. The van der Waals surface area contributed by atoms with E-state index < -0.39 is 12.1 Å². The number of halogens is 3. The van der Waals surface area contributed by atoms with E-state index in [1.54, 1.807) is 17.4 Å². The number of Topliss-reactive ketones (excluding diaryl/α,β-unsaturated/α-hetero) is 1. The summed E-state index contributed by atoms with van der Waals surface area (Å²) in [5.41, 5.74) is 0.902. The number of carbonyl (C=O) groups excluding carboxylic acids is 2. The summed E-state index contributed by atoms with van der Waals surface area (Å²) in [7, 11) is 0. The van der Waals surface area contributed by atoms with Gasteiger partial charge in [0.15, 0.2) is 0 Å². The maximum absolute atomic E-state index is 12.0. The zero-order chi connectivity index (χ0) is 13.8. The smallest absolute Gasteiger partial charge is 0.318 e. The molecular formula is C12H12F3NO2. The third-order valence-corrected chi connectivity index (χ3v) is 2.24. The van der Waals surface area contributed by atoms with Gasteiger partial charge in [0.05, 0.1) is 0 Å². The molecule has 1 amide bonds. The van der Waals surface area contributed by atoms with E-state index in [1.165, 1.54) is 19.1 Å². The number of nitrogens with one attached hydrogen (secondary N) is 1. The summed E-state index contributed by atoms with van der Waals surface area (Å²) in [4.78, 5) is 21.4. The second kappa shape index (κ2) is 5.66. The van der Waals surface area contributed by atoms with Gasteiger partial charge in [0.2, 0.25) is 0 Å². The van der Waals surface area contributed by atoms with Gasteiger partial charge in [-0.3, -0.25) is 4.79 Å². The second-order valence-electron chi connectivity index (χ2n) is 3.85. The molecule has 1 aromatic carbocycles. The van der Waals surface area contributed by atoms with E-state index in [4.69, 9.17) is 0 Å². The van der Waals surface area contributed by atoms with Crippen molar-refractivity contribution < 1.29 is 22.8 Å². The predicted octanol–water partition coefficient (Wildman–Crippen LogP) is 2.71. The molecule has 0 unspecified atom stereocenters. The first-order chi connectivity index (χ1) is 8.29. The number of carbonyl (C=O) groups is 2. The number of alkyl halides is 3. The lowest BCUT2D eigenvalue weighted by Gasteiger charge is -2.08. The lowest BCUT2D eigenvalue weighted by molar-refractivity contribution is -0.167. The van der Waals surface area contributed by atoms with E-state index in [0.29, 0.717) is 12.8 Å². The minimum atomic E-state index is -4.90. The van der Waals surface area contributed by atoms with Crippen LogP contribution in [-0.2, 0) is 16.0 Å². The Morgan fingerprint density at radius 1 is 1.17 bits per heavy atom. The molecule has 0 heterocycles. The highest BCUT2D eigenvalue weighted by Crippen LogP contribution is 2.18. The fourth-order valence-electron chi connectivity index (χ4n) is 1.28. The van der Waals surface area contributed by atoms with Crippen LogP contribution in [0.25, 0.3) is 0 Å². The number of amides is 1. The molecule has 98 valence electrons. The summed E-state index contributed by atoms with van der Waals surface area (Å²) in [5, 5.41) is 1.74. The number of ketones is 1. The summed E-state index contributed by atoms with van der Waals surface area (Å²) in [6, 6.07) is 5.90. The van der Waals surface area contributed by atoms with Crippen molar-refractivity contribution in [2.75, 3.05) is 5.32 Å². The van der Waals surface area contributed by atoms with E-state index >= 15 is 0 Å². The Morgan fingerprint density at radius 3 is 2.17 bits per heavy atom. The van der Waals surface area contributed by atoms with E-state index in [1.807, 2.05) is 0 Å². The van der Waals surface area contributed by atoms with Gasteiger partial charge in [-0.05, 0) is 31.0 Å². The first kappa shape index (κ1) is 14.2.